The summed E-state index contributed by atoms with van der Waals surface area (Å²) < 4.78 is 5.19. The maximum absolute atomic E-state index is 11.2. The van der Waals surface area contributed by atoms with E-state index in [1.165, 1.54) is 0 Å². The molecule has 0 aromatic carbocycles. The molecule has 3 atom stereocenters. The molecule has 0 aliphatic carbocycles. The molecule has 8 heteroatoms. The van der Waals surface area contributed by atoms with Gasteiger partial charge in [-0.1, -0.05) is 0 Å². The van der Waals surface area contributed by atoms with E-state index in [9.17, 15) is 9.90 Å². The maximum Gasteiger partial charge on any atom is 0.295 e. The number of aliphatic hydroxyl groups excluding tert-OH is 2. The zero-order valence-electron chi connectivity index (χ0n) is 8.33. The molecule has 0 unspecified atom stereocenters. The normalized spacial score (nSPS) is 36.6. The van der Waals surface area contributed by atoms with Crippen LogP contribution in [0, 0.1) is 0 Å². The zero-order valence-corrected chi connectivity index (χ0v) is 8.33. The van der Waals surface area contributed by atoms with E-state index >= 15 is 0 Å². The van der Waals surface area contributed by atoms with Gasteiger partial charge >= 0.3 is 0 Å². The van der Waals surface area contributed by atoms with Gasteiger partial charge in [-0.15, -0.1) is 0 Å². The lowest BCUT2D eigenvalue weighted by molar-refractivity contribution is -0.113. The van der Waals surface area contributed by atoms with Crippen LogP contribution in [0.2, 0.25) is 0 Å². The van der Waals surface area contributed by atoms with Crippen LogP contribution in [0.5, 0.6) is 0 Å². The lowest BCUT2D eigenvalue weighted by Gasteiger charge is -2.08. The van der Waals surface area contributed by atoms with Crippen molar-refractivity contribution in [3.05, 3.63) is 0 Å². The Morgan fingerprint density at radius 3 is 2.94 bits per heavy atom. The number of aliphatic hydroxyl groups is 2. The number of aliphatic imine (C=N–C) groups is 2. The predicted octanol–water partition coefficient (Wildman–Crippen LogP) is -2.70. The maximum atomic E-state index is 11.2. The van der Waals surface area contributed by atoms with Crippen LogP contribution >= 0.6 is 0 Å². The number of rotatable bonds is 2. The minimum atomic E-state index is -0.787. The van der Waals surface area contributed by atoms with Crippen LogP contribution in [0.3, 0.4) is 0 Å². The van der Waals surface area contributed by atoms with Gasteiger partial charge in [0.25, 0.3) is 5.91 Å². The number of ether oxygens (including phenoxy) is 1. The van der Waals surface area contributed by atoms with Crippen LogP contribution in [0.1, 0.15) is 6.42 Å². The molecule has 88 valence electrons. The molecule has 1 fully saturated rings. The first kappa shape index (κ1) is 11.0. The van der Waals surface area contributed by atoms with Crippen molar-refractivity contribution in [2.75, 3.05) is 6.61 Å². The number of hydrogen-bond donors (Lipinski definition) is 4. The number of carbonyl (C=O) groups is 1. The summed E-state index contributed by atoms with van der Waals surface area (Å²) in [5.74, 6) is -0.586. The van der Waals surface area contributed by atoms with Crippen molar-refractivity contribution in [2.24, 2.45) is 15.7 Å². The molecule has 2 aliphatic heterocycles. The van der Waals surface area contributed by atoms with Crippen LogP contribution in [0.25, 0.3) is 0 Å². The molecule has 16 heavy (non-hydrogen) atoms. The van der Waals surface area contributed by atoms with Crippen molar-refractivity contribution in [3.8, 4) is 0 Å². The summed E-state index contributed by atoms with van der Waals surface area (Å²) in [7, 11) is 0. The second-order valence-corrected chi connectivity index (χ2v) is 3.52. The van der Waals surface area contributed by atoms with Gasteiger partial charge in [0.15, 0.2) is 6.23 Å². The summed E-state index contributed by atoms with van der Waals surface area (Å²) in [6.07, 6.45) is -1.91. The highest BCUT2D eigenvalue weighted by Crippen LogP contribution is 2.21. The quantitative estimate of drug-likeness (QED) is 0.408. The number of amidine groups is 1. The molecular weight excluding hydrogens is 216 g/mol. The van der Waals surface area contributed by atoms with Crippen LogP contribution in [0.15, 0.2) is 9.98 Å². The third-order valence-corrected chi connectivity index (χ3v) is 2.32. The van der Waals surface area contributed by atoms with E-state index in [0.717, 1.165) is 0 Å². The van der Waals surface area contributed by atoms with Gasteiger partial charge < -0.3 is 20.7 Å². The predicted molar refractivity (Wildman–Crippen MR) is 53.6 cm³/mol. The first-order chi connectivity index (χ1) is 7.60. The van der Waals surface area contributed by atoms with Gasteiger partial charge in [0, 0.05) is 6.42 Å². The van der Waals surface area contributed by atoms with E-state index < -0.39 is 24.3 Å². The number of nitrogens with one attached hydrogen (secondary N) is 1. The van der Waals surface area contributed by atoms with E-state index in [1.54, 1.807) is 0 Å². The summed E-state index contributed by atoms with van der Waals surface area (Å²) in [6, 6.07) is 0. The molecule has 5 N–H and O–H groups in total. The minimum Gasteiger partial charge on any atom is -0.394 e. The van der Waals surface area contributed by atoms with Gasteiger partial charge in [-0.05, 0) is 0 Å². The van der Waals surface area contributed by atoms with Gasteiger partial charge in [-0.25, -0.2) is 4.99 Å². The first-order valence-electron chi connectivity index (χ1n) is 4.78. The fourth-order valence-corrected chi connectivity index (χ4v) is 1.54. The SMILES string of the molecule is NC1=NC(=N[C@@H]2C[C@H](O)[C@@H](CO)O2)C(=O)N1. The van der Waals surface area contributed by atoms with Gasteiger partial charge in [0.2, 0.25) is 11.8 Å². The van der Waals surface area contributed by atoms with Crippen molar-refractivity contribution < 1.29 is 19.7 Å². The van der Waals surface area contributed by atoms with Crippen molar-refractivity contribution in [1.82, 2.24) is 5.32 Å². The number of amides is 1. The molecule has 0 aromatic heterocycles. The smallest absolute Gasteiger partial charge is 0.295 e. The van der Waals surface area contributed by atoms with Gasteiger partial charge in [-0.3, -0.25) is 10.1 Å². The van der Waals surface area contributed by atoms with Crippen molar-refractivity contribution in [2.45, 2.75) is 24.9 Å². The van der Waals surface area contributed by atoms with E-state index in [1.807, 2.05) is 0 Å². The third-order valence-electron chi connectivity index (χ3n) is 2.32. The Hall–Kier alpha value is -1.51. The van der Waals surface area contributed by atoms with E-state index in [4.69, 9.17) is 15.6 Å². The molecule has 8 nitrogen and oxygen atoms in total. The summed E-state index contributed by atoms with van der Waals surface area (Å²) >= 11 is 0. The van der Waals surface area contributed by atoms with E-state index in [2.05, 4.69) is 15.3 Å². The summed E-state index contributed by atoms with van der Waals surface area (Å²) in [5, 5.41) is 20.6. The Bertz CT molecular complexity index is 367. The fraction of sp³-hybridized carbons (Fsp3) is 0.625. The number of guanidine groups is 1. The standard InChI is InChI=1S/C8H12N4O4/c9-8-11-6(7(15)12-8)10-5-1-3(14)4(2-13)16-5/h3-5,13-14H,1-2H2,(H3,9,10,11,12,15)/t3-,4+,5-/m0/s1. The molecule has 2 heterocycles. The van der Waals surface area contributed by atoms with E-state index in [0.29, 0.717) is 0 Å². The highest BCUT2D eigenvalue weighted by molar-refractivity contribution is 6.46. The minimum absolute atomic E-state index is 0.0130. The molecule has 2 rings (SSSR count). The lowest BCUT2D eigenvalue weighted by Crippen LogP contribution is -2.32. The highest BCUT2D eigenvalue weighted by Gasteiger charge is 2.34. The van der Waals surface area contributed by atoms with E-state index in [-0.39, 0.29) is 24.8 Å². The van der Waals surface area contributed by atoms with Gasteiger partial charge in [0.05, 0.1) is 12.7 Å². The Morgan fingerprint density at radius 2 is 2.44 bits per heavy atom. The summed E-state index contributed by atoms with van der Waals surface area (Å²) in [4.78, 5) is 18.8. The van der Waals surface area contributed by atoms with Crippen molar-refractivity contribution in [3.63, 3.8) is 0 Å². The topological polar surface area (TPSA) is 130 Å². The number of nitrogens with zero attached hydrogens (tertiary/aromatic N) is 2. The molecular formula is C8H12N4O4. The number of carbonyl (C=O) groups excluding carboxylic acids is 1. The van der Waals surface area contributed by atoms with Crippen molar-refractivity contribution >= 4 is 17.7 Å². The molecule has 0 bridgehead atoms. The summed E-state index contributed by atoms with van der Waals surface area (Å²) in [6.45, 7) is -0.292. The first-order valence-corrected chi connectivity index (χ1v) is 4.78. The van der Waals surface area contributed by atoms with Gasteiger partial charge in [-0.2, -0.15) is 4.99 Å². The Morgan fingerprint density at radius 1 is 1.69 bits per heavy atom. The Balaban J connectivity index is 2.06. The van der Waals surface area contributed by atoms with Crippen LogP contribution < -0.4 is 11.1 Å². The zero-order chi connectivity index (χ0) is 11.7. The Labute approximate surface area is 90.8 Å². The average Bonchev–Trinajstić information content (AvgIpc) is 2.71. The lowest BCUT2D eigenvalue weighted by atomic mass is 10.2. The van der Waals surface area contributed by atoms with Gasteiger partial charge in [0.1, 0.15) is 6.10 Å². The molecule has 1 saturated heterocycles. The highest BCUT2D eigenvalue weighted by atomic mass is 16.5. The largest absolute Gasteiger partial charge is 0.394 e. The second-order valence-electron chi connectivity index (χ2n) is 3.52. The molecule has 0 aromatic rings. The Kier molecular flexibility index (Phi) is 2.86. The molecule has 1 amide bonds. The molecule has 2 aliphatic rings. The number of hydrogen-bond acceptors (Lipinski definition) is 6. The van der Waals surface area contributed by atoms with Crippen LogP contribution in [-0.4, -0.2) is 53.0 Å². The van der Waals surface area contributed by atoms with Crippen molar-refractivity contribution in [1.29, 1.82) is 0 Å². The number of nitrogens with two attached hydrogens (primary N) is 1. The molecule has 0 radical (unpaired) electrons. The monoisotopic (exact) mass is 228 g/mol. The molecule has 0 spiro atoms. The van der Waals surface area contributed by atoms with Crippen LogP contribution in [0.4, 0.5) is 0 Å². The fourth-order valence-electron chi connectivity index (χ4n) is 1.54. The summed E-state index contributed by atoms with van der Waals surface area (Å²) in [5.41, 5.74) is 5.28. The average molecular weight is 228 g/mol. The second kappa shape index (κ2) is 4.16. The third kappa shape index (κ3) is 2.03. The van der Waals surface area contributed by atoms with Crippen LogP contribution in [-0.2, 0) is 9.53 Å². The molecule has 0 saturated carbocycles.